The number of benzene rings is 1. The number of aromatic nitrogens is 3. The van der Waals surface area contributed by atoms with Crippen molar-refractivity contribution >= 4 is 11.9 Å². The number of hydrogen-bond acceptors (Lipinski definition) is 6. The molecule has 0 amide bonds. The Bertz CT molecular complexity index is 797. The van der Waals surface area contributed by atoms with Gasteiger partial charge in [-0.25, -0.2) is 18.4 Å². The van der Waals surface area contributed by atoms with Crippen LogP contribution in [0.2, 0.25) is 0 Å². The van der Waals surface area contributed by atoms with Crippen LogP contribution in [0.4, 0.5) is 8.78 Å². The molecule has 0 saturated carbocycles. The van der Waals surface area contributed by atoms with Gasteiger partial charge in [-0.15, -0.1) is 0 Å². The Balaban J connectivity index is 2.02. The van der Waals surface area contributed by atoms with Crippen molar-refractivity contribution in [2.24, 2.45) is 5.92 Å². The summed E-state index contributed by atoms with van der Waals surface area (Å²) in [6.45, 7) is 1.64. The number of hydrogen-bond donors (Lipinski definition) is 0. The van der Waals surface area contributed by atoms with Gasteiger partial charge >= 0.3 is 11.9 Å². The molecular weight excluding hydrogens is 336 g/mol. The first kappa shape index (κ1) is 17.0. The Kier molecular flexibility index (Phi) is 4.47. The minimum atomic E-state index is -1.51. The molecule has 0 bridgehead atoms. The third kappa shape index (κ3) is 3.21. The quantitative estimate of drug-likeness (QED) is 0.601. The fourth-order valence-electron chi connectivity index (χ4n) is 2.92. The summed E-state index contributed by atoms with van der Waals surface area (Å²) < 4.78 is 39.3. The van der Waals surface area contributed by atoms with Gasteiger partial charge < -0.3 is 9.47 Å². The number of carbonyl (C=O) groups is 2. The molecule has 1 aliphatic rings. The van der Waals surface area contributed by atoms with E-state index in [1.807, 2.05) is 0 Å². The molecule has 1 aliphatic heterocycles. The third-order valence-electron chi connectivity index (χ3n) is 3.99. The average molecular weight is 351 g/mol. The molecule has 7 nitrogen and oxygen atoms in total. The number of carbonyl (C=O) groups excluding carboxylic acids is 2. The molecule has 1 fully saturated rings. The summed E-state index contributed by atoms with van der Waals surface area (Å²) >= 11 is 0. The lowest BCUT2D eigenvalue weighted by Gasteiger charge is -2.28. The van der Waals surface area contributed by atoms with Crippen molar-refractivity contribution < 1.29 is 27.8 Å². The van der Waals surface area contributed by atoms with Gasteiger partial charge in [0.1, 0.15) is 24.3 Å². The highest BCUT2D eigenvalue weighted by Crippen LogP contribution is 2.42. The van der Waals surface area contributed by atoms with E-state index < -0.39 is 35.1 Å². The minimum absolute atomic E-state index is 0.0375. The summed E-state index contributed by atoms with van der Waals surface area (Å²) in [5, 5.41) is 3.93. The predicted octanol–water partition coefficient (Wildman–Crippen LogP) is 1.58. The fraction of sp³-hybridized carbons (Fsp3) is 0.375. The van der Waals surface area contributed by atoms with E-state index in [4.69, 9.17) is 9.47 Å². The number of ether oxygens (including phenoxy) is 2. The molecule has 0 spiro atoms. The molecule has 2 aromatic rings. The van der Waals surface area contributed by atoms with Crippen molar-refractivity contribution in [3.05, 3.63) is 48.1 Å². The average Bonchev–Trinajstić information content (AvgIpc) is 3.16. The zero-order valence-corrected chi connectivity index (χ0v) is 13.3. The van der Waals surface area contributed by atoms with E-state index in [1.165, 1.54) is 23.4 Å². The Morgan fingerprint density at radius 3 is 2.92 bits per heavy atom. The largest absolute Gasteiger partial charge is 0.465 e. The zero-order chi connectivity index (χ0) is 18.0. The minimum Gasteiger partial charge on any atom is -0.465 e. The molecule has 2 atom stereocenters. The van der Waals surface area contributed by atoms with Gasteiger partial charge in [0.25, 0.3) is 0 Å². The molecule has 2 heterocycles. The maximum atomic E-state index is 14.4. The molecule has 0 aliphatic carbocycles. The van der Waals surface area contributed by atoms with Crippen LogP contribution in [-0.4, -0.2) is 33.3 Å². The van der Waals surface area contributed by atoms with Crippen LogP contribution in [0.5, 0.6) is 0 Å². The molecule has 0 N–H and O–H groups in total. The van der Waals surface area contributed by atoms with Crippen LogP contribution in [-0.2, 0) is 31.2 Å². The maximum absolute atomic E-state index is 14.4. The summed E-state index contributed by atoms with van der Waals surface area (Å²) in [6.07, 6.45) is 2.50. The van der Waals surface area contributed by atoms with Crippen LogP contribution in [0.25, 0.3) is 0 Å². The molecular formula is C16H15F2N3O4. The highest BCUT2D eigenvalue weighted by atomic mass is 19.1. The molecule has 9 heteroatoms. The van der Waals surface area contributed by atoms with Gasteiger partial charge in [-0.3, -0.25) is 9.59 Å². The number of halogens is 2. The van der Waals surface area contributed by atoms with Crippen LogP contribution in [0, 0.1) is 17.6 Å². The standard InChI is InChI=1S/C16H15F2N3O4/c1-2-24-14(22)11-6-16(25-15(11)23,7-21-9-19-8-20-21)12-4-3-10(17)5-13(12)18/h3-5,8-9,11H,2,6-7H2,1H3. The number of cyclic esters (lactones) is 1. The van der Waals surface area contributed by atoms with Crippen molar-refractivity contribution in [2.45, 2.75) is 25.5 Å². The van der Waals surface area contributed by atoms with Gasteiger partial charge in [-0.2, -0.15) is 5.10 Å². The van der Waals surface area contributed by atoms with Crippen LogP contribution in [0.3, 0.4) is 0 Å². The number of esters is 2. The van der Waals surface area contributed by atoms with E-state index in [0.29, 0.717) is 6.07 Å². The summed E-state index contributed by atoms with van der Waals surface area (Å²) in [7, 11) is 0. The third-order valence-corrected chi connectivity index (χ3v) is 3.99. The molecule has 132 valence electrons. The smallest absolute Gasteiger partial charge is 0.321 e. The number of nitrogens with zero attached hydrogens (tertiary/aromatic N) is 3. The van der Waals surface area contributed by atoms with Crippen molar-refractivity contribution in [1.82, 2.24) is 14.8 Å². The van der Waals surface area contributed by atoms with E-state index in [1.54, 1.807) is 6.92 Å². The van der Waals surface area contributed by atoms with Gasteiger partial charge in [0.05, 0.1) is 13.2 Å². The van der Waals surface area contributed by atoms with Gasteiger partial charge in [0, 0.05) is 18.1 Å². The zero-order valence-electron chi connectivity index (χ0n) is 13.3. The van der Waals surface area contributed by atoms with E-state index in [-0.39, 0.29) is 25.1 Å². The first-order chi connectivity index (χ1) is 11.9. The van der Waals surface area contributed by atoms with Crippen LogP contribution >= 0.6 is 0 Å². The van der Waals surface area contributed by atoms with E-state index in [9.17, 15) is 18.4 Å². The Morgan fingerprint density at radius 2 is 2.28 bits per heavy atom. The summed E-state index contributed by atoms with van der Waals surface area (Å²) in [5.41, 5.74) is -1.55. The number of rotatable bonds is 5. The monoisotopic (exact) mass is 351 g/mol. The SMILES string of the molecule is CCOC(=O)C1CC(Cn2cncn2)(c2ccc(F)cc2F)OC1=O. The van der Waals surface area contributed by atoms with Crippen molar-refractivity contribution in [3.63, 3.8) is 0 Å². The Morgan fingerprint density at radius 1 is 1.48 bits per heavy atom. The lowest BCUT2D eigenvalue weighted by Crippen LogP contribution is -2.33. The lowest BCUT2D eigenvalue weighted by molar-refractivity contribution is -0.159. The van der Waals surface area contributed by atoms with Gasteiger partial charge in [0.2, 0.25) is 0 Å². The fourth-order valence-corrected chi connectivity index (χ4v) is 2.92. The van der Waals surface area contributed by atoms with Gasteiger partial charge in [0.15, 0.2) is 11.5 Å². The topological polar surface area (TPSA) is 83.3 Å². The van der Waals surface area contributed by atoms with Crippen LogP contribution in [0.1, 0.15) is 18.9 Å². The maximum Gasteiger partial charge on any atom is 0.321 e. The van der Waals surface area contributed by atoms with Crippen molar-refractivity contribution in [2.75, 3.05) is 6.61 Å². The Labute approximate surface area is 141 Å². The molecule has 25 heavy (non-hydrogen) atoms. The first-order valence-electron chi connectivity index (χ1n) is 7.62. The molecule has 3 rings (SSSR count). The van der Waals surface area contributed by atoms with Crippen molar-refractivity contribution in [1.29, 1.82) is 0 Å². The Hall–Kier alpha value is -2.84. The van der Waals surface area contributed by atoms with E-state index in [2.05, 4.69) is 10.1 Å². The second-order valence-electron chi connectivity index (χ2n) is 5.64. The molecule has 1 aromatic carbocycles. The first-order valence-corrected chi connectivity index (χ1v) is 7.62. The van der Waals surface area contributed by atoms with E-state index >= 15 is 0 Å². The van der Waals surface area contributed by atoms with E-state index in [0.717, 1.165) is 6.07 Å². The highest BCUT2D eigenvalue weighted by molar-refractivity contribution is 5.96. The second kappa shape index (κ2) is 6.58. The van der Waals surface area contributed by atoms with Crippen LogP contribution < -0.4 is 0 Å². The summed E-state index contributed by atoms with van der Waals surface area (Å²) in [5.74, 6) is -4.38. The molecule has 1 aromatic heterocycles. The highest BCUT2D eigenvalue weighted by Gasteiger charge is 2.53. The van der Waals surface area contributed by atoms with Gasteiger partial charge in [-0.05, 0) is 19.1 Å². The van der Waals surface area contributed by atoms with Crippen molar-refractivity contribution in [3.8, 4) is 0 Å². The summed E-state index contributed by atoms with van der Waals surface area (Å²) in [6, 6.07) is 2.96. The predicted molar refractivity (Wildman–Crippen MR) is 78.9 cm³/mol. The lowest BCUT2D eigenvalue weighted by atomic mass is 9.86. The summed E-state index contributed by atoms with van der Waals surface area (Å²) in [4.78, 5) is 28.0. The molecule has 2 unspecified atom stereocenters. The van der Waals surface area contributed by atoms with Crippen LogP contribution in [0.15, 0.2) is 30.9 Å². The molecule has 1 saturated heterocycles. The normalized spacial score (nSPS) is 22.7. The van der Waals surface area contributed by atoms with Gasteiger partial charge in [-0.1, -0.05) is 0 Å². The second-order valence-corrected chi connectivity index (χ2v) is 5.64. The molecule has 0 radical (unpaired) electrons.